The number of carbonyl (C=O) groups excluding carboxylic acids is 1. The Hall–Kier alpha value is -3.27. The summed E-state index contributed by atoms with van der Waals surface area (Å²) in [6.45, 7) is 0. The molecule has 2 heterocycles. The van der Waals surface area contributed by atoms with Gasteiger partial charge >= 0.3 is 0 Å². The van der Waals surface area contributed by atoms with Crippen molar-refractivity contribution in [2.24, 2.45) is 5.92 Å². The van der Waals surface area contributed by atoms with Crippen molar-refractivity contribution < 1.29 is 29.6 Å². The van der Waals surface area contributed by atoms with Gasteiger partial charge in [0.25, 0.3) is 0 Å². The minimum Gasteiger partial charge on any atom is -0.504 e. The Bertz CT molecular complexity index is 1130. The zero-order valence-electron chi connectivity index (χ0n) is 18.3. The molecule has 1 fully saturated rings. The quantitative estimate of drug-likeness (QED) is 0.382. The lowest BCUT2D eigenvalue weighted by atomic mass is 9.69. The lowest BCUT2D eigenvalue weighted by Gasteiger charge is -2.42. The Morgan fingerprint density at radius 3 is 2.39 bits per heavy atom. The van der Waals surface area contributed by atoms with Crippen LogP contribution >= 0.6 is 0 Å². The van der Waals surface area contributed by atoms with Gasteiger partial charge in [0.05, 0.1) is 20.4 Å². The van der Waals surface area contributed by atoms with Gasteiger partial charge in [0.2, 0.25) is 0 Å². The van der Waals surface area contributed by atoms with Crippen molar-refractivity contribution in [3.05, 3.63) is 58.8 Å². The number of allylic oxidation sites excluding steroid dienone is 2. The largest absolute Gasteiger partial charge is 0.504 e. The monoisotopic (exact) mass is 453 g/mol. The van der Waals surface area contributed by atoms with Crippen LogP contribution < -0.4 is 25.6 Å². The third-order valence-electron chi connectivity index (χ3n) is 6.91. The van der Waals surface area contributed by atoms with Crippen molar-refractivity contribution in [1.82, 2.24) is 16.2 Å². The van der Waals surface area contributed by atoms with Gasteiger partial charge in [-0.3, -0.25) is 4.79 Å². The second-order valence-electron chi connectivity index (χ2n) is 8.69. The third kappa shape index (κ3) is 3.58. The Morgan fingerprint density at radius 2 is 1.67 bits per heavy atom. The highest BCUT2D eigenvalue weighted by atomic mass is 16.5. The molecule has 9 heteroatoms. The number of aliphatic hydroxyl groups excluding tert-OH is 1. The predicted octanol–water partition coefficient (Wildman–Crippen LogP) is 1.57. The number of benzene rings is 2. The second kappa shape index (κ2) is 8.26. The van der Waals surface area contributed by atoms with Crippen LogP contribution in [0, 0.1) is 5.92 Å². The number of hydrazine groups is 1. The van der Waals surface area contributed by atoms with Crippen molar-refractivity contribution >= 4 is 5.78 Å². The van der Waals surface area contributed by atoms with Crippen molar-refractivity contribution in [1.29, 1.82) is 0 Å². The van der Waals surface area contributed by atoms with Crippen LogP contribution in [0.1, 0.15) is 35.8 Å². The van der Waals surface area contributed by atoms with Crippen LogP contribution in [0.25, 0.3) is 0 Å². The summed E-state index contributed by atoms with van der Waals surface area (Å²) in [5.74, 6) is -0.143. The number of phenols is 2. The minimum absolute atomic E-state index is 0.0151. The molecule has 3 aliphatic rings. The average Bonchev–Trinajstić information content (AvgIpc) is 3.19. The van der Waals surface area contributed by atoms with Gasteiger partial charge in [-0.25, -0.2) is 10.9 Å². The molecule has 5 rings (SSSR count). The smallest absolute Gasteiger partial charge is 0.161 e. The molecule has 0 saturated carbocycles. The van der Waals surface area contributed by atoms with E-state index < -0.39 is 12.1 Å². The highest BCUT2D eigenvalue weighted by Gasteiger charge is 2.49. The van der Waals surface area contributed by atoms with Crippen LogP contribution in [0.3, 0.4) is 0 Å². The molecule has 0 bridgehead atoms. The van der Waals surface area contributed by atoms with Crippen molar-refractivity contribution in [3.8, 4) is 23.0 Å². The van der Waals surface area contributed by atoms with Crippen LogP contribution in [0.2, 0.25) is 0 Å². The maximum atomic E-state index is 13.5. The van der Waals surface area contributed by atoms with Gasteiger partial charge < -0.3 is 30.1 Å². The number of Topliss-reactive ketones (excluding diaryl/α,β-unsaturated/α-hetero) is 1. The summed E-state index contributed by atoms with van der Waals surface area (Å²) >= 11 is 0. The maximum Gasteiger partial charge on any atom is 0.161 e. The number of carbonyl (C=O) groups is 1. The average molecular weight is 453 g/mol. The summed E-state index contributed by atoms with van der Waals surface area (Å²) in [5, 5.41) is 33.9. The Morgan fingerprint density at radius 1 is 0.909 bits per heavy atom. The minimum atomic E-state index is -0.895. The number of hydrogen-bond donors (Lipinski definition) is 6. The first-order chi connectivity index (χ1) is 15.9. The molecular weight excluding hydrogens is 426 g/mol. The van der Waals surface area contributed by atoms with Gasteiger partial charge in [-0.1, -0.05) is 12.1 Å². The Balaban J connectivity index is 1.55. The number of ether oxygens (including phenoxy) is 2. The van der Waals surface area contributed by atoms with E-state index in [2.05, 4.69) is 16.2 Å². The molecule has 0 radical (unpaired) electrons. The van der Waals surface area contributed by atoms with E-state index in [1.807, 2.05) is 18.2 Å². The normalized spacial score (nSPS) is 28.7. The molecule has 2 aromatic rings. The predicted molar refractivity (Wildman–Crippen MR) is 119 cm³/mol. The molecule has 0 amide bonds. The van der Waals surface area contributed by atoms with Gasteiger partial charge in [0.1, 0.15) is 6.23 Å². The molecule has 6 N–H and O–H groups in total. The first-order valence-corrected chi connectivity index (χ1v) is 10.9. The van der Waals surface area contributed by atoms with Crippen LogP contribution in [0.5, 0.6) is 23.0 Å². The number of aliphatic hydroxyl groups is 1. The molecule has 2 aliphatic heterocycles. The van der Waals surface area contributed by atoms with Crippen LogP contribution in [-0.2, 0) is 4.79 Å². The van der Waals surface area contributed by atoms with E-state index in [1.54, 1.807) is 20.3 Å². The number of aromatic hydroxyl groups is 2. The van der Waals surface area contributed by atoms with Gasteiger partial charge in [0, 0.05) is 29.5 Å². The van der Waals surface area contributed by atoms with E-state index in [9.17, 15) is 20.1 Å². The van der Waals surface area contributed by atoms with E-state index >= 15 is 0 Å². The van der Waals surface area contributed by atoms with E-state index in [-0.39, 0.29) is 35.3 Å². The van der Waals surface area contributed by atoms with Crippen molar-refractivity contribution in [2.75, 3.05) is 14.2 Å². The number of fused-ring (bicyclic) bond motifs is 1. The van der Waals surface area contributed by atoms with E-state index in [4.69, 9.17) is 9.47 Å². The fraction of sp³-hybridized carbons (Fsp3) is 0.375. The first kappa shape index (κ1) is 21.6. The lowest BCUT2D eigenvalue weighted by Crippen LogP contribution is -2.51. The topological polar surface area (TPSA) is 132 Å². The molecule has 1 saturated heterocycles. The Kier molecular flexibility index (Phi) is 5.40. The Labute approximate surface area is 191 Å². The number of hydrogen-bond acceptors (Lipinski definition) is 9. The summed E-state index contributed by atoms with van der Waals surface area (Å²) in [4.78, 5) is 13.5. The summed E-state index contributed by atoms with van der Waals surface area (Å²) in [5.41, 5.74) is 8.98. The van der Waals surface area contributed by atoms with Gasteiger partial charge in [-0.05, 0) is 47.7 Å². The standard InChI is InChI=1S/C24H27N3O6/c1-32-18-6-4-11(10-19(18)33-2)13-7-14-21(17(30)9-13)20(12-3-5-15(28)16(29)8-12)22-23(25-14)26-27-24(22)31/h3-6,8,10,13,20,22-29,31H,7,9H2,1-2H3/t13-,20-,22?,23?,24?/m1/s1. The van der Waals surface area contributed by atoms with E-state index in [1.165, 1.54) is 12.1 Å². The maximum absolute atomic E-state index is 13.5. The molecule has 1 aliphatic carbocycles. The van der Waals surface area contributed by atoms with Crippen molar-refractivity contribution in [2.45, 2.75) is 37.1 Å². The summed E-state index contributed by atoms with van der Waals surface area (Å²) in [6, 6.07) is 10.3. The summed E-state index contributed by atoms with van der Waals surface area (Å²) < 4.78 is 10.8. The molecule has 0 spiro atoms. The summed E-state index contributed by atoms with van der Waals surface area (Å²) in [7, 11) is 3.16. The number of methoxy groups -OCH3 is 2. The summed E-state index contributed by atoms with van der Waals surface area (Å²) in [6.07, 6.45) is -0.284. The number of nitrogens with one attached hydrogen (secondary N) is 3. The van der Waals surface area contributed by atoms with E-state index in [0.717, 1.165) is 11.3 Å². The highest BCUT2D eigenvalue weighted by molar-refractivity contribution is 5.99. The number of ketones is 1. The number of phenolic OH excluding ortho intramolecular Hbond substituents is 2. The molecule has 0 aromatic heterocycles. The van der Waals surface area contributed by atoms with Crippen LogP contribution in [0.4, 0.5) is 0 Å². The van der Waals surface area contributed by atoms with Gasteiger partial charge in [-0.2, -0.15) is 0 Å². The van der Waals surface area contributed by atoms with Crippen molar-refractivity contribution in [3.63, 3.8) is 0 Å². The lowest BCUT2D eigenvalue weighted by molar-refractivity contribution is -0.117. The fourth-order valence-corrected chi connectivity index (χ4v) is 5.33. The van der Waals surface area contributed by atoms with E-state index in [0.29, 0.717) is 35.5 Å². The number of rotatable bonds is 4. The molecule has 3 unspecified atom stereocenters. The zero-order valence-corrected chi connectivity index (χ0v) is 18.3. The third-order valence-corrected chi connectivity index (χ3v) is 6.91. The fourth-order valence-electron chi connectivity index (χ4n) is 5.33. The molecule has 5 atom stereocenters. The molecule has 9 nitrogen and oxygen atoms in total. The molecule has 174 valence electrons. The van der Waals surface area contributed by atoms with Gasteiger partial charge in [-0.15, -0.1) is 0 Å². The zero-order chi connectivity index (χ0) is 23.3. The van der Waals surface area contributed by atoms with Gasteiger partial charge in [0.15, 0.2) is 28.8 Å². The van der Waals surface area contributed by atoms with Crippen LogP contribution in [0.15, 0.2) is 47.7 Å². The molecular formula is C24H27N3O6. The molecule has 33 heavy (non-hydrogen) atoms. The second-order valence-corrected chi connectivity index (χ2v) is 8.69. The first-order valence-electron chi connectivity index (χ1n) is 10.9. The SMILES string of the molecule is COc1ccc([C@H]2CC(=O)C3=C(C2)NC2NNC(O)C2[C@@H]3c2ccc(O)c(O)c2)cc1OC. The van der Waals surface area contributed by atoms with Crippen LogP contribution in [-0.4, -0.2) is 47.7 Å². The highest BCUT2D eigenvalue weighted by Crippen LogP contribution is 2.48. The molecule has 2 aromatic carbocycles.